The fraction of sp³-hybridized carbons (Fsp3) is 0.722. The normalized spacial score (nSPS) is 26.8. The first-order valence-electron chi connectivity index (χ1n) is 9.01. The topological polar surface area (TPSA) is 100 Å². The number of amides is 1. The van der Waals surface area contributed by atoms with Crippen molar-refractivity contribution in [2.75, 3.05) is 20.3 Å². The highest BCUT2D eigenvalue weighted by atomic mass is 16.7. The van der Waals surface area contributed by atoms with Gasteiger partial charge in [0.15, 0.2) is 0 Å². The Balaban J connectivity index is 1.85. The van der Waals surface area contributed by atoms with Gasteiger partial charge in [-0.2, -0.15) is 0 Å². The Bertz CT molecular complexity index is 560. The predicted octanol–water partition coefficient (Wildman–Crippen LogP) is 2.13. The van der Waals surface area contributed by atoms with Crippen LogP contribution in [0.15, 0.2) is 11.8 Å². The molecule has 0 bridgehead atoms. The van der Waals surface area contributed by atoms with Crippen LogP contribution in [0, 0.1) is 17.8 Å². The van der Waals surface area contributed by atoms with E-state index in [2.05, 4.69) is 12.2 Å². The molecule has 0 radical (unpaired) electrons. The fourth-order valence-corrected chi connectivity index (χ4v) is 3.59. The number of nitrogens with one attached hydrogen (secondary N) is 1. The third-order valence-corrected chi connectivity index (χ3v) is 4.87. The van der Waals surface area contributed by atoms with Crippen molar-refractivity contribution in [2.24, 2.45) is 17.8 Å². The van der Waals surface area contributed by atoms with E-state index in [1.807, 2.05) is 0 Å². The highest BCUT2D eigenvalue weighted by Crippen LogP contribution is 2.46. The molecule has 1 saturated carbocycles. The van der Waals surface area contributed by atoms with Crippen LogP contribution in [0.3, 0.4) is 0 Å². The molecule has 1 N–H and O–H groups in total. The lowest BCUT2D eigenvalue weighted by Gasteiger charge is -2.34. The van der Waals surface area contributed by atoms with Gasteiger partial charge >= 0.3 is 18.0 Å². The number of alkyl carbamates (subject to hydrolysis) is 1. The minimum atomic E-state index is -0.740. The van der Waals surface area contributed by atoms with E-state index in [0.29, 0.717) is 25.1 Å². The van der Waals surface area contributed by atoms with E-state index in [1.165, 1.54) is 13.4 Å². The van der Waals surface area contributed by atoms with Gasteiger partial charge in [-0.05, 0) is 32.1 Å². The molecule has 146 valence electrons. The van der Waals surface area contributed by atoms with Gasteiger partial charge in [-0.15, -0.1) is 0 Å². The Morgan fingerprint density at radius 1 is 1.31 bits per heavy atom. The molecular formula is C18H27NO7. The zero-order chi connectivity index (χ0) is 19.1. The Morgan fingerprint density at radius 3 is 2.77 bits per heavy atom. The summed E-state index contributed by atoms with van der Waals surface area (Å²) in [6.45, 7) is 4.45. The van der Waals surface area contributed by atoms with Crippen molar-refractivity contribution in [3.8, 4) is 0 Å². The van der Waals surface area contributed by atoms with Gasteiger partial charge in [0.25, 0.3) is 0 Å². The summed E-state index contributed by atoms with van der Waals surface area (Å²) in [6.07, 6.45) is 2.46. The van der Waals surface area contributed by atoms with Crippen LogP contribution in [0.2, 0.25) is 0 Å². The standard InChI is InChI=1S/C18H27NO7/c1-4-24-14(20)6-5-9-19-18(22)26-17-15-11(2)7-8-12(15)13(10-25-17)16(21)23-3/h10-12,15,17H,4-9H2,1-3H3,(H,19,22). The number of methoxy groups -OCH3 is 1. The molecule has 0 spiro atoms. The van der Waals surface area contributed by atoms with Gasteiger partial charge in [0.2, 0.25) is 6.29 Å². The molecule has 2 rings (SSSR count). The predicted molar refractivity (Wildman–Crippen MR) is 90.7 cm³/mol. The zero-order valence-electron chi connectivity index (χ0n) is 15.5. The lowest BCUT2D eigenvalue weighted by molar-refractivity contribution is -0.146. The molecule has 4 atom stereocenters. The average Bonchev–Trinajstić information content (AvgIpc) is 3.01. The lowest BCUT2D eigenvalue weighted by atomic mass is 9.83. The van der Waals surface area contributed by atoms with Gasteiger partial charge in [0.1, 0.15) is 0 Å². The van der Waals surface area contributed by atoms with E-state index in [0.717, 1.165) is 12.8 Å². The third kappa shape index (κ3) is 4.89. The van der Waals surface area contributed by atoms with E-state index in [1.54, 1.807) is 6.92 Å². The summed E-state index contributed by atoms with van der Waals surface area (Å²) in [6, 6.07) is 0. The van der Waals surface area contributed by atoms with Crippen LogP contribution in [-0.4, -0.2) is 44.6 Å². The molecule has 0 saturated heterocycles. The number of esters is 2. The number of hydrogen-bond donors (Lipinski definition) is 1. The van der Waals surface area contributed by atoms with Crippen molar-refractivity contribution in [3.05, 3.63) is 11.8 Å². The first kappa shape index (κ1) is 20.1. The second kappa shape index (κ2) is 9.45. The number of rotatable bonds is 7. The van der Waals surface area contributed by atoms with Crippen molar-refractivity contribution in [3.63, 3.8) is 0 Å². The SMILES string of the molecule is CCOC(=O)CCCNC(=O)OC1OC=C(C(=O)OC)C2CCC(C)C12. The van der Waals surface area contributed by atoms with Gasteiger partial charge in [-0.3, -0.25) is 4.79 Å². The van der Waals surface area contributed by atoms with E-state index in [9.17, 15) is 14.4 Å². The van der Waals surface area contributed by atoms with Crippen LogP contribution in [0.5, 0.6) is 0 Å². The molecular weight excluding hydrogens is 342 g/mol. The van der Waals surface area contributed by atoms with Crippen molar-refractivity contribution in [1.82, 2.24) is 5.32 Å². The number of fused-ring (bicyclic) bond motifs is 1. The Labute approximate surface area is 153 Å². The lowest BCUT2D eigenvalue weighted by Crippen LogP contribution is -2.41. The number of ether oxygens (including phenoxy) is 4. The molecule has 8 heteroatoms. The molecule has 0 aromatic carbocycles. The number of carbonyl (C=O) groups is 3. The smallest absolute Gasteiger partial charge is 0.410 e. The second-order valence-electron chi connectivity index (χ2n) is 6.55. The van der Waals surface area contributed by atoms with Gasteiger partial charge in [0, 0.05) is 24.8 Å². The van der Waals surface area contributed by atoms with Crippen LogP contribution in [-0.2, 0) is 28.5 Å². The molecule has 1 fully saturated rings. The van der Waals surface area contributed by atoms with Crippen molar-refractivity contribution in [2.45, 2.75) is 45.8 Å². The summed E-state index contributed by atoms with van der Waals surface area (Å²) in [4.78, 5) is 35.1. The van der Waals surface area contributed by atoms with E-state index >= 15 is 0 Å². The van der Waals surface area contributed by atoms with Crippen LogP contribution >= 0.6 is 0 Å². The van der Waals surface area contributed by atoms with Crippen molar-refractivity contribution in [1.29, 1.82) is 0 Å². The summed E-state index contributed by atoms with van der Waals surface area (Å²) >= 11 is 0. The summed E-state index contributed by atoms with van der Waals surface area (Å²) in [7, 11) is 1.34. The maximum atomic E-state index is 12.0. The highest BCUT2D eigenvalue weighted by molar-refractivity contribution is 5.89. The quantitative estimate of drug-likeness (QED) is 0.417. The molecule has 1 aliphatic heterocycles. The first-order valence-corrected chi connectivity index (χ1v) is 9.01. The molecule has 2 aliphatic rings. The maximum absolute atomic E-state index is 12.0. The summed E-state index contributed by atoms with van der Waals surface area (Å²) in [5.41, 5.74) is 0.497. The van der Waals surface area contributed by atoms with Gasteiger partial charge in [-0.1, -0.05) is 6.92 Å². The number of hydrogen-bond acceptors (Lipinski definition) is 7. The summed E-state index contributed by atoms with van der Waals surface area (Å²) < 4.78 is 20.6. The molecule has 26 heavy (non-hydrogen) atoms. The second-order valence-corrected chi connectivity index (χ2v) is 6.55. The minimum absolute atomic E-state index is 0.0344. The monoisotopic (exact) mass is 369 g/mol. The average molecular weight is 369 g/mol. The summed E-state index contributed by atoms with van der Waals surface area (Å²) in [5.74, 6) is -0.556. The summed E-state index contributed by atoms with van der Waals surface area (Å²) in [5, 5.41) is 2.61. The van der Waals surface area contributed by atoms with Gasteiger partial charge < -0.3 is 24.3 Å². The van der Waals surface area contributed by atoms with E-state index < -0.39 is 18.4 Å². The fourth-order valence-electron chi connectivity index (χ4n) is 3.59. The molecule has 4 unspecified atom stereocenters. The molecule has 8 nitrogen and oxygen atoms in total. The van der Waals surface area contributed by atoms with Crippen LogP contribution in [0.1, 0.15) is 39.5 Å². The van der Waals surface area contributed by atoms with E-state index in [-0.39, 0.29) is 30.1 Å². The molecule has 0 aromatic rings. The van der Waals surface area contributed by atoms with Gasteiger partial charge in [-0.25, -0.2) is 9.59 Å². The Kier molecular flexibility index (Phi) is 7.29. The maximum Gasteiger partial charge on any atom is 0.410 e. The third-order valence-electron chi connectivity index (χ3n) is 4.87. The van der Waals surface area contributed by atoms with E-state index in [4.69, 9.17) is 18.9 Å². The largest absolute Gasteiger partial charge is 0.466 e. The Hall–Kier alpha value is -2.25. The minimum Gasteiger partial charge on any atom is -0.466 e. The first-order chi connectivity index (χ1) is 12.5. The van der Waals surface area contributed by atoms with Gasteiger partial charge in [0.05, 0.1) is 25.6 Å². The number of carbonyl (C=O) groups excluding carboxylic acids is 3. The molecule has 0 aromatic heterocycles. The van der Waals surface area contributed by atoms with Crippen molar-refractivity contribution < 1.29 is 33.3 Å². The molecule has 1 amide bonds. The van der Waals surface area contributed by atoms with Crippen LogP contribution in [0.4, 0.5) is 4.79 Å². The molecule has 1 aliphatic carbocycles. The zero-order valence-corrected chi connectivity index (χ0v) is 15.5. The van der Waals surface area contributed by atoms with Crippen molar-refractivity contribution >= 4 is 18.0 Å². The Morgan fingerprint density at radius 2 is 2.08 bits per heavy atom. The van der Waals surface area contributed by atoms with Crippen LogP contribution in [0.25, 0.3) is 0 Å². The highest BCUT2D eigenvalue weighted by Gasteiger charge is 2.48. The van der Waals surface area contributed by atoms with Crippen LogP contribution < -0.4 is 5.32 Å². The molecule has 1 heterocycles.